The molecule has 2 aromatic rings. The molecule has 1 heterocycles. The number of carbonyl (C=O) groups excluding carboxylic acids is 2. The van der Waals surface area contributed by atoms with Gasteiger partial charge in [0.1, 0.15) is 5.00 Å². The smallest absolute Gasteiger partial charge is 0.341 e. The summed E-state index contributed by atoms with van der Waals surface area (Å²) in [5.41, 5.74) is 2.35. The van der Waals surface area contributed by atoms with Crippen molar-refractivity contribution in [2.75, 3.05) is 25.1 Å². The maximum Gasteiger partial charge on any atom is 0.341 e. The van der Waals surface area contributed by atoms with Crippen molar-refractivity contribution in [3.63, 3.8) is 0 Å². The molecule has 7 heteroatoms. The molecule has 1 amide bonds. The number of benzene rings is 1. The third kappa shape index (κ3) is 5.02. The molecule has 0 saturated carbocycles. The van der Waals surface area contributed by atoms with Gasteiger partial charge in [-0.05, 0) is 69.4 Å². The van der Waals surface area contributed by atoms with Crippen LogP contribution >= 0.6 is 11.3 Å². The number of esters is 1. The highest BCUT2D eigenvalue weighted by Gasteiger charge is 2.28. The summed E-state index contributed by atoms with van der Waals surface area (Å²) < 4.78 is 16.4. The molecule has 1 N–H and O–H groups in total. The van der Waals surface area contributed by atoms with Gasteiger partial charge in [0, 0.05) is 11.0 Å². The summed E-state index contributed by atoms with van der Waals surface area (Å²) >= 11 is 1.47. The predicted molar refractivity (Wildman–Crippen MR) is 119 cm³/mol. The third-order valence-corrected chi connectivity index (χ3v) is 5.84. The lowest BCUT2D eigenvalue weighted by molar-refractivity contribution is -0.111. The van der Waals surface area contributed by atoms with Crippen LogP contribution in [-0.2, 0) is 22.4 Å². The van der Waals surface area contributed by atoms with E-state index in [1.807, 2.05) is 32.0 Å². The number of aryl methyl sites for hydroxylation is 1. The van der Waals surface area contributed by atoms with Crippen LogP contribution < -0.4 is 14.8 Å². The van der Waals surface area contributed by atoms with Crippen LogP contribution in [0.25, 0.3) is 6.08 Å². The first-order valence-corrected chi connectivity index (χ1v) is 11.1. The molecule has 0 saturated heterocycles. The summed E-state index contributed by atoms with van der Waals surface area (Å²) in [4.78, 5) is 26.1. The van der Waals surface area contributed by atoms with Crippen LogP contribution in [0.3, 0.4) is 0 Å². The molecule has 0 atom stereocenters. The topological polar surface area (TPSA) is 73.9 Å². The summed E-state index contributed by atoms with van der Waals surface area (Å²) in [6.45, 7) is 6.97. The average Bonchev–Trinajstić information content (AvgIpc) is 3.29. The Morgan fingerprint density at radius 3 is 2.57 bits per heavy atom. The zero-order valence-electron chi connectivity index (χ0n) is 17.6. The van der Waals surface area contributed by atoms with Crippen LogP contribution in [-0.4, -0.2) is 31.7 Å². The highest BCUT2D eigenvalue weighted by molar-refractivity contribution is 7.17. The van der Waals surface area contributed by atoms with Crippen LogP contribution in [0, 0.1) is 0 Å². The number of hydrogen-bond acceptors (Lipinski definition) is 6. The summed E-state index contributed by atoms with van der Waals surface area (Å²) in [7, 11) is 0. The highest BCUT2D eigenvalue weighted by atomic mass is 32.1. The maximum atomic E-state index is 12.5. The molecule has 1 aliphatic carbocycles. The summed E-state index contributed by atoms with van der Waals surface area (Å²) in [5, 5.41) is 3.42. The van der Waals surface area contributed by atoms with E-state index in [0.717, 1.165) is 35.3 Å². The van der Waals surface area contributed by atoms with E-state index in [1.54, 1.807) is 13.0 Å². The van der Waals surface area contributed by atoms with Crippen molar-refractivity contribution in [1.82, 2.24) is 0 Å². The molecular formula is C23H27NO5S. The molecule has 0 unspecified atom stereocenters. The van der Waals surface area contributed by atoms with Crippen LogP contribution in [0.2, 0.25) is 0 Å². The van der Waals surface area contributed by atoms with Crippen molar-refractivity contribution in [2.24, 2.45) is 0 Å². The van der Waals surface area contributed by atoms with Crippen molar-refractivity contribution in [3.05, 3.63) is 45.8 Å². The van der Waals surface area contributed by atoms with Gasteiger partial charge in [0.15, 0.2) is 11.5 Å². The van der Waals surface area contributed by atoms with Crippen molar-refractivity contribution in [2.45, 2.75) is 40.0 Å². The largest absolute Gasteiger partial charge is 0.490 e. The molecule has 1 aliphatic rings. The van der Waals surface area contributed by atoms with Crippen molar-refractivity contribution >= 4 is 34.3 Å². The van der Waals surface area contributed by atoms with Gasteiger partial charge in [0.25, 0.3) is 0 Å². The fourth-order valence-electron chi connectivity index (χ4n) is 3.41. The van der Waals surface area contributed by atoms with Gasteiger partial charge in [-0.1, -0.05) is 6.07 Å². The molecule has 160 valence electrons. The lowest BCUT2D eigenvalue weighted by Crippen LogP contribution is -2.13. The second kappa shape index (κ2) is 10.3. The normalized spacial score (nSPS) is 12.6. The number of hydrogen-bond donors (Lipinski definition) is 1. The molecule has 0 radical (unpaired) electrons. The highest BCUT2D eigenvalue weighted by Crippen LogP contribution is 2.39. The molecule has 0 spiro atoms. The number of ether oxygens (including phenoxy) is 3. The van der Waals surface area contributed by atoms with E-state index in [1.165, 1.54) is 17.4 Å². The minimum atomic E-state index is -0.371. The number of carbonyl (C=O) groups is 2. The zero-order valence-corrected chi connectivity index (χ0v) is 18.4. The molecule has 0 fully saturated rings. The lowest BCUT2D eigenvalue weighted by atomic mass is 10.1. The van der Waals surface area contributed by atoms with Crippen LogP contribution in [0.15, 0.2) is 24.3 Å². The van der Waals surface area contributed by atoms with Gasteiger partial charge >= 0.3 is 5.97 Å². The van der Waals surface area contributed by atoms with Crippen LogP contribution in [0.5, 0.6) is 11.5 Å². The first-order chi connectivity index (χ1) is 14.6. The zero-order chi connectivity index (χ0) is 21.5. The van der Waals surface area contributed by atoms with Gasteiger partial charge in [-0.3, -0.25) is 4.79 Å². The minimum absolute atomic E-state index is 0.299. The van der Waals surface area contributed by atoms with E-state index < -0.39 is 0 Å². The molecule has 0 aliphatic heterocycles. The monoisotopic (exact) mass is 429 g/mol. The van der Waals surface area contributed by atoms with Gasteiger partial charge in [0.05, 0.1) is 25.4 Å². The van der Waals surface area contributed by atoms with Gasteiger partial charge in [-0.15, -0.1) is 11.3 Å². The molecule has 0 bridgehead atoms. The molecule has 6 nitrogen and oxygen atoms in total. The first-order valence-electron chi connectivity index (χ1n) is 10.3. The van der Waals surface area contributed by atoms with Crippen LogP contribution in [0.4, 0.5) is 5.00 Å². The fourth-order valence-corrected chi connectivity index (χ4v) is 4.69. The number of rotatable bonds is 9. The van der Waals surface area contributed by atoms with Gasteiger partial charge in [-0.25, -0.2) is 4.79 Å². The summed E-state index contributed by atoms with van der Waals surface area (Å²) in [6, 6.07) is 5.53. The lowest BCUT2D eigenvalue weighted by Gasteiger charge is -2.11. The Bertz CT molecular complexity index is 947. The van der Waals surface area contributed by atoms with Crippen molar-refractivity contribution in [1.29, 1.82) is 0 Å². The number of thiophene rings is 1. The Morgan fingerprint density at radius 2 is 1.83 bits per heavy atom. The molecular weight excluding hydrogens is 402 g/mol. The standard InChI is InChI=1S/C23H27NO5S/c1-4-27-17-12-10-15(14-18(17)28-5-2)11-13-20(25)24-22-21(23(26)29-6-3)16-8-7-9-19(16)30-22/h10-14H,4-9H2,1-3H3,(H,24,25). The van der Waals surface area contributed by atoms with Crippen molar-refractivity contribution < 1.29 is 23.8 Å². The fraction of sp³-hybridized carbons (Fsp3) is 0.391. The Balaban J connectivity index is 1.75. The minimum Gasteiger partial charge on any atom is -0.490 e. The molecule has 3 rings (SSSR count). The number of amides is 1. The average molecular weight is 430 g/mol. The Hall–Kier alpha value is -2.80. The van der Waals surface area contributed by atoms with Crippen molar-refractivity contribution in [3.8, 4) is 11.5 Å². The molecule has 1 aromatic heterocycles. The summed E-state index contributed by atoms with van der Waals surface area (Å²) in [6.07, 6.45) is 5.97. The number of anilines is 1. The number of nitrogens with one attached hydrogen (secondary N) is 1. The Morgan fingerprint density at radius 1 is 1.07 bits per heavy atom. The van der Waals surface area contributed by atoms with E-state index in [2.05, 4.69) is 5.32 Å². The van der Waals surface area contributed by atoms with E-state index in [4.69, 9.17) is 14.2 Å². The SMILES string of the molecule is CCOC(=O)c1c(NC(=O)C=Cc2ccc(OCC)c(OCC)c2)sc2c1CCC2. The van der Waals surface area contributed by atoms with Gasteiger partial charge < -0.3 is 19.5 Å². The third-order valence-electron chi connectivity index (χ3n) is 4.63. The molecule has 30 heavy (non-hydrogen) atoms. The maximum absolute atomic E-state index is 12.5. The second-order valence-electron chi connectivity index (χ2n) is 6.68. The van der Waals surface area contributed by atoms with Gasteiger partial charge in [0.2, 0.25) is 5.91 Å². The Kier molecular flexibility index (Phi) is 7.52. The van der Waals surface area contributed by atoms with Gasteiger partial charge in [-0.2, -0.15) is 0 Å². The second-order valence-corrected chi connectivity index (χ2v) is 7.78. The quantitative estimate of drug-likeness (QED) is 0.455. The van der Waals surface area contributed by atoms with E-state index in [0.29, 0.717) is 41.9 Å². The molecule has 1 aromatic carbocycles. The van der Waals surface area contributed by atoms with E-state index in [9.17, 15) is 9.59 Å². The number of fused-ring (bicyclic) bond motifs is 1. The van der Waals surface area contributed by atoms with Crippen LogP contribution in [0.1, 0.15) is 53.6 Å². The summed E-state index contributed by atoms with van der Waals surface area (Å²) in [5.74, 6) is 0.644. The first kappa shape index (κ1) is 21.9. The Labute approximate surface area is 180 Å². The predicted octanol–water partition coefficient (Wildman–Crippen LogP) is 4.86. The van der Waals surface area contributed by atoms with E-state index in [-0.39, 0.29) is 11.9 Å². The van der Waals surface area contributed by atoms with E-state index >= 15 is 0 Å².